The minimum Gasteiger partial charge on any atom is -0.305 e. The second-order valence-corrected chi connectivity index (χ2v) is 6.81. The van der Waals surface area contributed by atoms with Crippen molar-refractivity contribution in [1.82, 2.24) is 9.21 Å². The fourth-order valence-electron chi connectivity index (χ4n) is 2.16. The standard InChI is InChI=1S/C11H21N3O2S/c1-4-11-9-13(3)6-5-7-14(11)17(15,16)10(2)8-12/h10-11H,4-7,9H2,1-3H3. The molecule has 1 saturated heterocycles. The Hall–Kier alpha value is -0.640. The van der Waals surface area contributed by atoms with Gasteiger partial charge in [0.1, 0.15) is 0 Å². The highest BCUT2D eigenvalue weighted by Gasteiger charge is 2.35. The SMILES string of the molecule is CCC1CN(C)CCCN1S(=O)(=O)C(C)C#N. The van der Waals surface area contributed by atoms with Gasteiger partial charge in [-0.2, -0.15) is 9.57 Å². The molecule has 1 fully saturated rings. The van der Waals surface area contributed by atoms with E-state index in [1.54, 1.807) is 0 Å². The minimum atomic E-state index is -3.47. The lowest BCUT2D eigenvalue weighted by atomic mass is 10.2. The molecule has 0 aliphatic carbocycles. The fraction of sp³-hybridized carbons (Fsp3) is 0.909. The Bertz CT molecular complexity index is 388. The van der Waals surface area contributed by atoms with Crippen LogP contribution in [0, 0.1) is 11.3 Å². The molecule has 98 valence electrons. The Morgan fingerprint density at radius 3 is 2.65 bits per heavy atom. The van der Waals surface area contributed by atoms with Gasteiger partial charge >= 0.3 is 0 Å². The average Bonchev–Trinajstić information content (AvgIpc) is 2.49. The van der Waals surface area contributed by atoms with Crippen molar-refractivity contribution in [3.63, 3.8) is 0 Å². The predicted octanol–water partition coefficient (Wildman–Crippen LogP) is 0.644. The van der Waals surface area contributed by atoms with Crippen LogP contribution in [0.15, 0.2) is 0 Å². The molecule has 5 nitrogen and oxygen atoms in total. The zero-order valence-electron chi connectivity index (χ0n) is 10.8. The first-order chi connectivity index (χ1) is 7.93. The number of rotatable bonds is 3. The van der Waals surface area contributed by atoms with E-state index in [9.17, 15) is 8.42 Å². The van der Waals surface area contributed by atoms with Crippen molar-refractivity contribution in [2.24, 2.45) is 0 Å². The lowest BCUT2D eigenvalue weighted by Gasteiger charge is -2.30. The highest BCUT2D eigenvalue weighted by atomic mass is 32.2. The first-order valence-corrected chi connectivity index (χ1v) is 7.52. The first kappa shape index (κ1) is 14.4. The van der Waals surface area contributed by atoms with Crippen molar-refractivity contribution in [3.05, 3.63) is 0 Å². The van der Waals surface area contributed by atoms with E-state index in [0.717, 1.165) is 25.9 Å². The maximum Gasteiger partial charge on any atom is 0.230 e. The van der Waals surface area contributed by atoms with E-state index in [0.29, 0.717) is 6.54 Å². The molecular formula is C11H21N3O2S. The van der Waals surface area contributed by atoms with Crippen molar-refractivity contribution >= 4 is 10.0 Å². The Kier molecular flexibility index (Phi) is 4.92. The predicted molar refractivity (Wildman–Crippen MR) is 66.9 cm³/mol. The molecule has 6 heteroatoms. The molecule has 2 atom stereocenters. The van der Waals surface area contributed by atoms with Gasteiger partial charge in [0, 0.05) is 19.1 Å². The van der Waals surface area contributed by atoms with Crippen molar-refractivity contribution in [2.75, 3.05) is 26.7 Å². The number of sulfonamides is 1. The summed E-state index contributed by atoms with van der Waals surface area (Å²) in [7, 11) is -1.47. The summed E-state index contributed by atoms with van der Waals surface area (Å²) < 4.78 is 26.0. The molecule has 0 bridgehead atoms. The van der Waals surface area contributed by atoms with Gasteiger partial charge in [0.15, 0.2) is 5.25 Å². The van der Waals surface area contributed by atoms with Crippen LogP contribution in [0.1, 0.15) is 26.7 Å². The van der Waals surface area contributed by atoms with Crippen molar-refractivity contribution in [1.29, 1.82) is 5.26 Å². The van der Waals surface area contributed by atoms with Gasteiger partial charge < -0.3 is 4.90 Å². The summed E-state index contributed by atoms with van der Waals surface area (Å²) >= 11 is 0. The number of nitriles is 1. The Labute approximate surface area is 104 Å². The summed E-state index contributed by atoms with van der Waals surface area (Å²) in [5, 5.41) is 7.86. The number of likely N-dealkylation sites (N-methyl/N-ethyl adjacent to an activating group) is 1. The second-order valence-electron chi connectivity index (χ2n) is 4.60. The third-order valence-corrected chi connectivity index (χ3v) is 5.41. The highest BCUT2D eigenvalue weighted by Crippen LogP contribution is 2.19. The smallest absolute Gasteiger partial charge is 0.230 e. The van der Waals surface area contributed by atoms with Gasteiger partial charge in [0.25, 0.3) is 0 Å². The fourth-order valence-corrected chi connectivity index (χ4v) is 3.71. The van der Waals surface area contributed by atoms with E-state index < -0.39 is 15.3 Å². The molecule has 0 aromatic rings. The Morgan fingerprint density at radius 2 is 2.12 bits per heavy atom. The summed E-state index contributed by atoms with van der Waals surface area (Å²) in [4.78, 5) is 2.15. The number of hydrogen-bond acceptors (Lipinski definition) is 4. The first-order valence-electron chi connectivity index (χ1n) is 6.02. The zero-order valence-corrected chi connectivity index (χ0v) is 11.6. The van der Waals surface area contributed by atoms with E-state index in [4.69, 9.17) is 5.26 Å². The monoisotopic (exact) mass is 259 g/mol. The van der Waals surface area contributed by atoms with Crippen LogP contribution in [0.4, 0.5) is 0 Å². The van der Waals surface area contributed by atoms with E-state index in [1.807, 2.05) is 20.0 Å². The second kappa shape index (κ2) is 5.80. The third-order valence-electron chi connectivity index (χ3n) is 3.27. The number of hydrogen-bond donors (Lipinski definition) is 0. The number of nitrogens with zero attached hydrogens (tertiary/aromatic N) is 3. The van der Waals surface area contributed by atoms with Crippen LogP contribution >= 0.6 is 0 Å². The minimum absolute atomic E-state index is 0.0108. The van der Waals surface area contributed by atoms with Gasteiger partial charge in [-0.15, -0.1) is 0 Å². The summed E-state index contributed by atoms with van der Waals surface area (Å²) in [6.07, 6.45) is 1.60. The average molecular weight is 259 g/mol. The largest absolute Gasteiger partial charge is 0.305 e. The van der Waals surface area contributed by atoms with Crippen LogP contribution in [0.3, 0.4) is 0 Å². The van der Waals surface area contributed by atoms with E-state index in [-0.39, 0.29) is 6.04 Å². The normalized spacial score (nSPS) is 26.1. The molecule has 1 aliphatic heterocycles. The molecular weight excluding hydrogens is 238 g/mol. The molecule has 0 spiro atoms. The molecule has 0 amide bonds. The van der Waals surface area contributed by atoms with Gasteiger partial charge in [0.2, 0.25) is 10.0 Å². The van der Waals surface area contributed by atoms with Crippen LogP contribution in [0.2, 0.25) is 0 Å². The quantitative estimate of drug-likeness (QED) is 0.746. The van der Waals surface area contributed by atoms with Gasteiger partial charge in [-0.25, -0.2) is 8.42 Å². The van der Waals surface area contributed by atoms with E-state index in [1.165, 1.54) is 11.2 Å². The molecule has 2 unspecified atom stereocenters. The van der Waals surface area contributed by atoms with E-state index >= 15 is 0 Å². The Morgan fingerprint density at radius 1 is 1.47 bits per heavy atom. The van der Waals surface area contributed by atoms with Gasteiger partial charge in [0.05, 0.1) is 6.07 Å². The molecule has 1 heterocycles. The van der Waals surface area contributed by atoms with Crippen molar-refractivity contribution in [2.45, 2.75) is 38.0 Å². The summed E-state index contributed by atoms with van der Waals surface area (Å²) in [6, 6.07) is 1.82. The maximum atomic E-state index is 12.2. The molecule has 0 aromatic carbocycles. The summed E-state index contributed by atoms with van der Waals surface area (Å²) in [6.45, 7) is 5.62. The summed E-state index contributed by atoms with van der Waals surface area (Å²) in [5.41, 5.74) is 0. The zero-order chi connectivity index (χ0) is 13.1. The van der Waals surface area contributed by atoms with Gasteiger partial charge in [-0.1, -0.05) is 6.92 Å². The van der Waals surface area contributed by atoms with Crippen LogP contribution in [-0.2, 0) is 10.0 Å². The molecule has 1 aliphatic rings. The van der Waals surface area contributed by atoms with Crippen LogP contribution in [0.5, 0.6) is 0 Å². The third kappa shape index (κ3) is 3.18. The molecule has 0 aromatic heterocycles. The molecule has 1 rings (SSSR count). The molecule has 17 heavy (non-hydrogen) atoms. The van der Waals surface area contributed by atoms with Crippen LogP contribution in [-0.4, -0.2) is 55.6 Å². The highest BCUT2D eigenvalue weighted by molar-refractivity contribution is 7.90. The van der Waals surface area contributed by atoms with Crippen LogP contribution < -0.4 is 0 Å². The van der Waals surface area contributed by atoms with Crippen molar-refractivity contribution < 1.29 is 8.42 Å². The Balaban J connectivity index is 2.97. The maximum absolute atomic E-state index is 12.2. The molecule has 0 N–H and O–H groups in total. The molecule has 0 saturated carbocycles. The van der Waals surface area contributed by atoms with E-state index in [2.05, 4.69) is 4.90 Å². The lowest BCUT2D eigenvalue weighted by molar-refractivity contribution is 0.270. The van der Waals surface area contributed by atoms with Gasteiger partial charge in [-0.3, -0.25) is 0 Å². The van der Waals surface area contributed by atoms with Gasteiger partial charge in [-0.05, 0) is 33.4 Å². The summed E-state index contributed by atoms with van der Waals surface area (Å²) in [5.74, 6) is 0. The van der Waals surface area contributed by atoms with Crippen molar-refractivity contribution in [3.8, 4) is 6.07 Å². The van der Waals surface area contributed by atoms with Crippen LogP contribution in [0.25, 0.3) is 0 Å². The molecule has 0 radical (unpaired) electrons. The topological polar surface area (TPSA) is 64.4 Å². The lowest BCUT2D eigenvalue weighted by Crippen LogP contribution is -2.46.